The van der Waals surface area contributed by atoms with Crippen LogP contribution in [0.4, 0.5) is 0 Å². The highest BCUT2D eigenvalue weighted by Gasteiger charge is 2.26. The van der Waals surface area contributed by atoms with Gasteiger partial charge in [0.25, 0.3) is 0 Å². The average Bonchev–Trinajstić information content (AvgIpc) is 2.36. The maximum atomic E-state index is 11.2. The maximum absolute atomic E-state index is 11.2. The van der Waals surface area contributed by atoms with Gasteiger partial charge in [-0.05, 0) is 40.5 Å². The fourth-order valence-corrected chi connectivity index (χ4v) is 0.626. The topological polar surface area (TPSA) is 63.6 Å². The average molecular weight is 369 g/mol. The van der Waals surface area contributed by atoms with Crippen LogP contribution in [0.2, 0.25) is 0 Å². The van der Waals surface area contributed by atoms with Crippen LogP contribution in [0.5, 0.6) is 0 Å². The van der Waals surface area contributed by atoms with Gasteiger partial charge in [-0.25, -0.2) is 0 Å². The van der Waals surface area contributed by atoms with E-state index in [1.807, 2.05) is 27.7 Å². The Morgan fingerprint density at radius 1 is 0.880 bits per heavy atom. The smallest absolute Gasteiger partial charge is 0.311 e. The van der Waals surface area contributed by atoms with E-state index in [-0.39, 0.29) is 55.9 Å². The molecule has 0 saturated carbocycles. The molecule has 0 aliphatic carbocycles. The van der Waals surface area contributed by atoms with Crippen LogP contribution in [0.1, 0.15) is 98.9 Å². The van der Waals surface area contributed by atoms with E-state index in [1.165, 1.54) is 0 Å². The number of carboxylic acid groups (broad SMARTS) is 1. The summed E-state index contributed by atoms with van der Waals surface area (Å²) in [5.41, 5.74) is -0.900. The lowest BCUT2D eigenvalue weighted by Gasteiger charge is -2.19. The highest BCUT2D eigenvalue weighted by molar-refractivity contribution is 5.75. The molecule has 0 rings (SSSR count). The monoisotopic (exact) mass is 368 g/mol. The Labute approximate surface area is 161 Å². The standard InChI is InChI=1S/C9H16O2.C6H12O2.6CH4/c1-5-7-11-8(10)9(3,4)6-2;1-4-6(2,3)5(7)8;;;;;;/h5H,1,6-7H2,2-4H3;4H2,1-3H3,(H,7,8);6*1H4. The van der Waals surface area contributed by atoms with E-state index < -0.39 is 11.4 Å². The Balaban J connectivity index is -0.0000000319. The van der Waals surface area contributed by atoms with Gasteiger partial charge in [0.2, 0.25) is 0 Å². The van der Waals surface area contributed by atoms with E-state index in [0.29, 0.717) is 13.0 Å². The summed E-state index contributed by atoms with van der Waals surface area (Å²) in [6, 6.07) is 0. The molecule has 0 aliphatic rings. The number of carboxylic acids is 1. The Morgan fingerprint density at radius 2 is 1.20 bits per heavy atom. The minimum Gasteiger partial charge on any atom is -0.481 e. The quantitative estimate of drug-likeness (QED) is 0.390. The molecule has 0 fully saturated rings. The van der Waals surface area contributed by atoms with Crippen LogP contribution in [-0.4, -0.2) is 23.7 Å². The van der Waals surface area contributed by atoms with Crippen molar-refractivity contribution in [3.05, 3.63) is 12.7 Å². The SMILES string of the molecule is C.C.C.C.C.C.C=CCOC(=O)C(C)(C)CC.CCC(C)(C)C(=O)O. The third-order valence-electron chi connectivity index (χ3n) is 3.23. The number of carbonyl (C=O) groups is 2. The van der Waals surface area contributed by atoms with Gasteiger partial charge in [0.15, 0.2) is 0 Å². The minimum atomic E-state index is -0.722. The molecule has 0 saturated heterocycles. The molecule has 0 unspecified atom stereocenters. The molecule has 0 aromatic heterocycles. The second-order valence-electron chi connectivity index (χ2n) is 5.67. The Hall–Kier alpha value is -1.32. The van der Waals surface area contributed by atoms with Crippen LogP contribution in [-0.2, 0) is 14.3 Å². The number of esters is 1. The molecule has 0 bridgehead atoms. The van der Waals surface area contributed by atoms with Crippen LogP contribution < -0.4 is 0 Å². The first kappa shape index (κ1) is 49.5. The lowest BCUT2D eigenvalue weighted by atomic mass is 9.91. The van der Waals surface area contributed by atoms with Crippen molar-refractivity contribution in [2.75, 3.05) is 6.61 Å². The highest BCUT2D eigenvalue weighted by atomic mass is 16.5. The molecule has 0 aromatic carbocycles. The lowest BCUT2D eigenvalue weighted by Crippen LogP contribution is -2.25. The normalized spacial score (nSPS) is 8.40. The number of aliphatic carboxylic acids is 1. The molecule has 1 N–H and O–H groups in total. The molecular weight excluding hydrogens is 316 g/mol. The predicted molar refractivity (Wildman–Crippen MR) is 117 cm³/mol. The highest BCUT2D eigenvalue weighted by Crippen LogP contribution is 2.21. The molecule has 0 atom stereocenters. The van der Waals surface area contributed by atoms with Crippen molar-refractivity contribution in [1.29, 1.82) is 0 Å². The Bertz CT molecular complexity index is 305. The van der Waals surface area contributed by atoms with Gasteiger partial charge < -0.3 is 9.84 Å². The molecule has 0 heterocycles. The van der Waals surface area contributed by atoms with Crippen molar-refractivity contribution in [3.63, 3.8) is 0 Å². The van der Waals surface area contributed by atoms with Gasteiger partial charge in [-0.3, -0.25) is 9.59 Å². The van der Waals surface area contributed by atoms with Crippen LogP contribution in [0.3, 0.4) is 0 Å². The largest absolute Gasteiger partial charge is 0.481 e. The van der Waals surface area contributed by atoms with E-state index in [0.717, 1.165) is 6.42 Å². The molecule has 0 radical (unpaired) electrons. The molecule has 4 nitrogen and oxygen atoms in total. The summed E-state index contributed by atoms with van der Waals surface area (Å²) in [5.74, 6) is -0.875. The van der Waals surface area contributed by atoms with Crippen LogP contribution in [0.25, 0.3) is 0 Å². The third kappa shape index (κ3) is 22.7. The summed E-state index contributed by atoms with van der Waals surface area (Å²) in [6.45, 7) is 14.8. The molecule has 4 heteroatoms. The zero-order valence-corrected chi connectivity index (χ0v) is 13.1. The summed E-state index contributed by atoms with van der Waals surface area (Å²) in [5, 5.41) is 8.44. The van der Waals surface area contributed by atoms with Crippen LogP contribution in [0, 0.1) is 10.8 Å². The van der Waals surface area contributed by atoms with Crippen LogP contribution in [0.15, 0.2) is 12.7 Å². The van der Waals surface area contributed by atoms with Gasteiger partial charge in [-0.15, -0.1) is 0 Å². The summed E-state index contributed by atoms with van der Waals surface area (Å²) in [7, 11) is 0. The summed E-state index contributed by atoms with van der Waals surface area (Å²) in [6.07, 6.45) is 3.05. The first-order valence-electron chi connectivity index (χ1n) is 6.56. The van der Waals surface area contributed by atoms with Crippen molar-refractivity contribution < 1.29 is 19.4 Å². The summed E-state index contributed by atoms with van der Waals surface area (Å²) in [4.78, 5) is 21.4. The minimum absolute atomic E-state index is 0. The number of ether oxygens (including phenoxy) is 1. The number of hydrogen-bond donors (Lipinski definition) is 1. The Morgan fingerprint density at radius 3 is 1.36 bits per heavy atom. The van der Waals surface area contributed by atoms with Gasteiger partial charge in [-0.1, -0.05) is 71.1 Å². The van der Waals surface area contributed by atoms with Crippen molar-refractivity contribution in [3.8, 4) is 0 Å². The van der Waals surface area contributed by atoms with Gasteiger partial charge in [0.05, 0.1) is 10.8 Å². The maximum Gasteiger partial charge on any atom is 0.311 e. The van der Waals surface area contributed by atoms with Gasteiger partial charge in [0, 0.05) is 0 Å². The van der Waals surface area contributed by atoms with Crippen molar-refractivity contribution in [2.45, 2.75) is 98.9 Å². The van der Waals surface area contributed by atoms with Gasteiger partial charge in [-0.2, -0.15) is 0 Å². The van der Waals surface area contributed by atoms with Crippen molar-refractivity contribution in [1.82, 2.24) is 0 Å². The van der Waals surface area contributed by atoms with Gasteiger partial charge >= 0.3 is 11.9 Å². The summed E-state index contributed by atoms with van der Waals surface area (Å²) < 4.78 is 4.89. The first-order valence-corrected chi connectivity index (χ1v) is 6.56. The molecular formula is C21H52O4. The lowest BCUT2D eigenvalue weighted by molar-refractivity contribution is -0.152. The Kier molecular flexibility index (Phi) is 44.9. The molecule has 0 spiro atoms. The zero-order valence-electron chi connectivity index (χ0n) is 13.1. The van der Waals surface area contributed by atoms with E-state index in [2.05, 4.69) is 6.58 Å². The fourth-order valence-electron chi connectivity index (χ4n) is 0.626. The van der Waals surface area contributed by atoms with E-state index in [1.54, 1.807) is 19.9 Å². The van der Waals surface area contributed by atoms with E-state index in [4.69, 9.17) is 9.84 Å². The molecule has 25 heavy (non-hydrogen) atoms. The molecule has 0 aliphatic heterocycles. The molecule has 160 valence electrons. The number of carbonyl (C=O) groups excluding carboxylic acids is 1. The molecule has 0 aromatic rings. The number of rotatable bonds is 6. The second-order valence-corrected chi connectivity index (χ2v) is 5.67. The summed E-state index contributed by atoms with van der Waals surface area (Å²) >= 11 is 0. The third-order valence-corrected chi connectivity index (χ3v) is 3.23. The molecule has 0 amide bonds. The first-order chi connectivity index (χ1) is 8.55. The van der Waals surface area contributed by atoms with E-state index in [9.17, 15) is 9.59 Å². The predicted octanol–water partition coefficient (Wildman–Crippen LogP) is 7.48. The van der Waals surface area contributed by atoms with Gasteiger partial charge in [0.1, 0.15) is 6.61 Å². The zero-order chi connectivity index (χ0) is 15.7. The second kappa shape index (κ2) is 22.7. The van der Waals surface area contributed by atoms with Crippen molar-refractivity contribution >= 4 is 11.9 Å². The van der Waals surface area contributed by atoms with Crippen LogP contribution >= 0.6 is 0 Å². The number of hydrogen-bond acceptors (Lipinski definition) is 3. The van der Waals surface area contributed by atoms with Crippen molar-refractivity contribution in [2.24, 2.45) is 10.8 Å². The van der Waals surface area contributed by atoms with E-state index >= 15 is 0 Å². The fraction of sp³-hybridized carbons (Fsp3) is 0.810.